The van der Waals surface area contributed by atoms with Crippen LogP contribution in [-0.4, -0.2) is 22.0 Å². The number of rotatable bonds is 8. The van der Waals surface area contributed by atoms with Crippen LogP contribution in [0, 0.1) is 6.92 Å². The van der Waals surface area contributed by atoms with Crippen molar-refractivity contribution in [1.29, 1.82) is 0 Å². The third-order valence-corrected chi connectivity index (χ3v) is 5.14. The van der Waals surface area contributed by atoms with Gasteiger partial charge in [-0.05, 0) is 44.4 Å². The highest BCUT2D eigenvalue weighted by Gasteiger charge is 2.14. The predicted molar refractivity (Wildman–Crippen MR) is 99.4 cm³/mol. The molecule has 7 heteroatoms. The van der Waals surface area contributed by atoms with E-state index in [0.717, 1.165) is 29.8 Å². The molecule has 0 aliphatic rings. The second-order valence-electron chi connectivity index (χ2n) is 6.05. The number of aryl methyl sites for hydroxylation is 2. The number of carbonyl (C=O) groups excluding carboxylic acids is 1. The van der Waals surface area contributed by atoms with E-state index in [4.69, 9.17) is 9.52 Å². The summed E-state index contributed by atoms with van der Waals surface area (Å²) in [6, 6.07) is 9.51. The van der Waals surface area contributed by atoms with E-state index in [1.165, 1.54) is 10.8 Å². The second kappa shape index (κ2) is 8.14. The van der Waals surface area contributed by atoms with Crippen LogP contribution in [0.25, 0.3) is 10.2 Å². The van der Waals surface area contributed by atoms with E-state index in [9.17, 15) is 9.59 Å². The fourth-order valence-corrected chi connectivity index (χ4v) is 3.71. The van der Waals surface area contributed by atoms with E-state index in [1.54, 1.807) is 18.3 Å². The number of fused-ring (bicyclic) bond motifs is 1. The fraction of sp³-hybridized carbons (Fsp3) is 0.316. The van der Waals surface area contributed by atoms with Gasteiger partial charge in [0.05, 0.1) is 21.8 Å². The Bertz CT molecular complexity index is 896. The lowest BCUT2D eigenvalue weighted by Gasteiger charge is -2.03. The van der Waals surface area contributed by atoms with Crippen LogP contribution in [0.1, 0.15) is 46.1 Å². The largest absolute Gasteiger partial charge is 0.478 e. The summed E-state index contributed by atoms with van der Waals surface area (Å²) in [7, 11) is 0. The summed E-state index contributed by atoms with van der Waals surface area (Å²) in [5.74, 6) is -0.306. The third kappa shape index (κ3) is 4.49. The molecule has 0 saturated heterocycles. The molecule has 6 nitrogen and oxygen atoms in total. The van der Waals surface area contributed by atoms with Crippen molar-refractivity contribution in [3.8, 4) is 0 Å². The van der Waals surface area contributed by atoms with E-state index in [-0.39, 0.29) is 18.0 Å². The van der Waals surface area contributed by atoms with Crippen molar-refractivity contribution in [1.82, 2.24) is 10.3 Å². The van der Waals surface area contributed by atoms with Gasteiger partial charge in [-0.2, -0.15) is 0 Å². The maximum atomic E-state index is 11.9. The molecular formula is C19H20N2O4S. The molecular weight excluding hydrogens is 352 g/mol. The number of benzene rings is 1. The number of unbranched alkanes of at least 4 members (excludes halogenated alkanes) is 1. The quantitative estimate of drug-likeness (QED) is 0.585. The molecule has 0 aliphatic carbocycles. The number of para-hydroxylation sites is 1. The number of amides is 1. The van der Waals surface area contributed by atoms with Crippen molar-refractivity contribution in [3.05, 3.63) is 52.4 Å². The zero-order chi connectivity index (χ0) is 18.5. The van der Waals surface area contributed by atoms with Gasteiger partial charge in [0.1, 0.15) is 17.1 Å². The fourth-order valence-electron chi connectivity index (χ4n) is 2.71. The molecule has 0 saturated carbocycles. The third-order valence-electron chi connectivity index (χ3n) is 4.04. The van der Waals surface area contributed by atoms with Gasteiger partial charge in [0.15, 0.2) is 0 Å². The average Bonchev–Trinajstić information content (AvgIpc) is 3.19. The molecule has 0 atom stereocenters. The molecule has 1 amide bonds. The Balaban J connectivity index is 1.39. The van der Waals surface area contributed by atoms with Crippen LogP contribution in [0.4, 0.5) is 0 Å². The van der Waals surface area contributed by atoms with Crippen LogP contribution in [0.3, 0.4) is 0 Å². The Morgan fingerprint density at radius 3 is 2.81 bits per heavy atom. The average molecular weight is 372 g/mol. The number of aromatic nitrogens is 1. The summed E-state index contributed by atoms with van der Waals surface area (Å²) >= 11 is 1.70. The lowest BCUT2D eigenvalue weighted by atomic mass is 10.2. The number of hydrogen-bond acceptors (Lipinski definition) is 5. The van der Waals surface area contributed by atoms with E-state index >= 15 is 0 Å². The molecule has 0 spiro atoms. The molecule has 2 aromatic heterocycles. The Kier molecular flexibility index (Phi) is 5.68. The number of thiazole rings is 1. The molecule has 0 unspecified atom stereocenters. The van der Waals surface area contributed by atoms with Gasteiger partial charge >= 0.3 is 5.97 Å². The minimum absolute atomic E-state index is 0.0692. The number of hydrogen-bond donors (Lipinski definition) is 2. The number of carboxylic acid groups (broad SMARTS) is 1. The van der Waals surface area contributed by atoms with Crippen LogP contribution < -0.4 is 5.32 Å². The minimum Gasteiger partial charge on any atom is -0.478 e. The summed E-state index contributed by atoms with van der Waals surface area (Å²) in [6.45, 7) is 1.79. The number of aromatic carboxylic acids is 1. The molecule has 26 heavy (non-hydrogen) atoms. The van der Waals surface area contributed by atoms with E-state index < -0.39 is 5.97 Å². The molecule has 0 bridgehead atoms. The topological polar surface area (TPSA) is 92.4 Å². The summed E-state index contributed by atoms with van der Waals surface area (Å²) < 4.78 is 6.53. The van der Waals surface area contributed by atoms with Gasteiger partial charge in [0, 0.05) is 6.42 Å². The van der Waals surface area contributed by atoms with Crippen LogP contribution in [0.5, 0.6) is 0 Å². The number of carboxylic acids is 1. The Morgan fingerprint density at radius 1 is 1.27 bits per heavy atom. The van der Waals surface area contributed by atoms with Gasteiger partial charge in [-0.3, -0.25) is 4.79 Å². The number of furan rings is 1. The zero-order valence-electron chi connectivity index (χ0n) is 14.4. The van der Waals surface area contributed by atoms with Gasteiger partial charge in [-0.1, -0.05) is 12.1 Å². The standard InChI is InChI=1S/C19H20N2O4S/c1-12-14(19(23)24)10-13(25-12)11-20-17(22)8-4-5-9-18-21-15-6-2-3-7-16(15)26-18/h2-3,6-7,10H,4-5,8-9,11H2,1H3,(H,20,22)(H,23,24). The zero-order valence-corrected chi connectivity index (χ0v) is 15.3. The highest BCUT2D eigenvalue weighted by atomic mass is 32.1. The van der Waals surface area contributed by atoms with Gasteiger partial charge in [-0.15, -0.1) is 11.3 Å². The van der Waals surface area contributed by atoms with Gasteiger partial charge in [0.2, 0.25) is 5.91 Å². The lowest BCUT2D eigenvalue weighted by molar-refractivity contribution is -0.121. The molecule has 2 heterocycles. The van der Waals surface area contributed by atoms with Crippen LogP contribution in [0.15, 0.2) is 34.7 Å². The molecule has 2 N–H and O–H groups in total. The lowest BCUT2D eigenvalue weighted by Crippen LogP contribution is -2.22. The monoisotopic (exact) mass is 372 g/mol. The Morgan fingerprint density at radius 2 is 2.08 bits per heavy atom. The Labute approximate surface area is 154 Å². The molecule has 136 valence electrons. The first-order valence-electron chi connectivity index (χ1n) is 8.46. The first-order chi connectivity index (χ1) is 12.5. The molecule has 0 fully saturated rings. The minimum atomic E-state index is -1.03. The van der Waals surface area contributed by atoms with E-state index in [0.29, 0.717) is 17.9 Å². The van der Waals surface area contributed by atoms with Crippen molar-refractivity contribution >= 4 is 33.4 Å². The van der Waals surface area contributed by atoms with Crippen molar-refractivity contribution in [2.75, 3.05) is 0 Å². The van der Waals surface area contributed by atoms with Crippen LogP contribution >= 0.6 is 11.3 Å². The smallest absolute Gasteiger partial charge is 0.339 e. The normalized spacial score (nSPS) is 11.0. The van der Waals surface area contributed by atoms with Crippen molar-refractivity contribution in [3.63, 3.8) is 0 Å². The van der Waals surface area contributed by atoms with Crippen LogP contribution in [0.2, 0.25) is 0 Å². The van der Waals surface area contributed by atoms with E-state index in [1.807, 2.05) is 18.2 Å². The molecule has 3 aromatic rings. The molecule has 0 aliphatic heterocycles. The van der Waals surface area contributed by atoms with Gasteiger partial charge in [-0.25, -0.2) is 9.78 Å². The van der Waals surface area contributed by atoms with E-state index in [2.05, 4.69) is 16.4 Å². The summed E-state index contributed by atoms with van der Waals surface area (Å²) in [5, 5.41) is 12.8. The first kappa shape index (κ1) is 18.1. The highest BCUT2D eigenvalue weighted by Crippen LogP contribution is 2.22. The maximum Gasteiger partial charge on any atom is 0.339 e. The van der Waals surface area contributed by atoms with Crippen molar-refractivity contribution in [2.24, 2.45) is 0 Å². The van der Waals surface area contributed by atoms with Gasteiger partial charge < -0.3 is 14.8 Å². The predicted octanol–water partition coefficient (Wildman–Crippen LogP) is 3.93. The SMILES string of the molecule is Cc1oc(CNC(=O)CCCCc2nc3ccccc3s2)cc1C(=O)O. The van der Waals surface area contributed by atoms with Crippen molar-refractivity contribution < 1.29 is 19.1 Å². The maximum absolute atomic E-state index is 11.9. The number of nitrogens with one attached hydrogen (secondary N) is 1. The summed E-state index contributed by atoms with van der Waals surface area (Å²) in [5.41, 5.74) is 1.16. The molecule has 0 radical (unpaired) electrons. The molecule has 1 aromatic carbocycles. The summed E-state index contributed by atoms with van der Waals surface area (Å²) in [6.07, 6.45) is 2.97. The summed E-state index contributed by atoms with van der Waals surface area (Å²) in [4.78, 5) is 27.5. The van der Waals surface area contributed by atoms with Gasteiger partial charge in [0.25, 0.3) is 0 Å². The molecule has 3 rings (SSSR count). The first-order valence-corrected chi connectivity index (χ1v) is 9.28. The van der Waals surface area contributed by atoms with Crippen molar-refractivity contribution in [2.45, 2.75) is 39.2 Å². The Hall–Kier alpha value is -2.67. The number of nitrogens with zero attached hydrogens (tertiary/aromatic N) is 1. The highest BCUT2D eigenvalue weighted by molar-refractivity contribution is 7.18. The van der Waals surface area contributed by atoms with Crippen LogP contribution in [-0.2, 0) is 17.8 Å². The number of carbonyl (C=O) groups is 2. The second-order valence-corrected chi connectivity index (χ2v) is 7.16.